The molecule has 0 amide bonds. The number of aromatic hydroxyl groups is 1. The Morgan fingerprint density at radius 1 is 1.32 bits per heavy atom. The van der Waals surface area contributed by atoms with Gasteiger partial charge in [-0.25, -0.2) is 8.78 Å². The van der Waals surface area contributed by atoms with Crippen molar-refractivity contribution in [3.63, 3.8) is 0 Å². The number of rotatable bonds is 4. The number of alkyl halides is 2. The van der Waals surface area contributed by atoms with Crippen LogP contribution in [0.1, 0.15) is 11.6 Å². The van der Waals surface area contributed by atoms with Crippen LogP contribution in [-0.2, 0) is 0 Å². The highest BCUT2D eigenvalue weighted by Crippen LogP contribution is 2.34. The summed E-state index contributed by atoms with van der Waals surface area (Å²) < 4.78 is 31.7. The van der Waals surface area contributed by atoms with Gasteiger partial charge in [-0.1, -0.05) is 6.07 Å². The van der Waals surface area contributed by atoms with Crippen LogP contribution in [0.3, 0.4) is 0 Å². The molecule has 0 radical (unpaired) electrons. The van der Waals surface area contributed by atoms with E-state index in [4.69, 9.17) is 4.74 Å². The Morgan fingerprint density at radius 2 is 2.00 bits per heavy atom. The van der Waals surface area contributed by atoms with E-state index in [1.165, 1.54) is 25.3 Å². The number of hydrogen-bond donors (Lipinski definition) is 2. The molecule has 106 valence electrons. The molecular formula is C13H18F2N2O2. The SMILES string of the molecule is COc1cc([C@H](C(F)F)N2CCNCC2)ccc1O. The van der Waals surface area contributed by atoms with Crippen molar-refractivity contribution in [2.24, 2.45) is 0 Å². The maximum atomic E-state index is 13.3. The predicted molar refractivity (Wildman–Crippen MR) is 67.8 cm³/mol. The molecule has 1 aromatic carbocycles. The molecule has 0 aromatic heterocycles. The van der Waals surface area contributed by atoms with Crippen molar-refractivity contribution in [1.82, 2.24) is 10.2 Å². The zero-order chi connectivity index (χ0) is 13.8. The number of phenolic OH excluding ortho intramolecular Hbond substituents is 1. The minimum Gasteiger partial charge on any atom is -0.504 e. The van der Waals surface area contributed by atoms with Gasteiger partial charge in [0, 0.05) is 26.2 Å². The Balaban J connectivity index is 2.27. The number of benzene rings is 1. The maximum absolute atomic E-state index is 13.3. The Labute approximate surface area is 111 Å². The first-order valence-electron chi connectivity index (χ1n) is 6.23. The van der Waals surface area contributed by atoms with Crippen LogP contribution < -0.4 is 10.1 Å². The maximum Gasteiger partial charge on any atom is 0.258 e. The van der Waals surface area contributed by atoms with Crippen molar-refractivity contribution in [2.75, 3.05) is 33.3 Å². The van der Waals surface area contributed by atoms with Crippen molar-refractivity contribution in [3.05, 3.63) is 23.8 Å². The number of phenols is 1. The molecule has 1 fully saturated rings. The van der Waals surface area contributed by atoms with Crippen LogP contribution in [0.15, 0.2) is 18.2 Å². The van der Waals surface area contributed by atoms with Crippen molar-refractivity contribution in [2.45, 2.75) is 12.5 Å². The molecule has 1 saturated heterocycles. The van der Waals surface area contributed by atoms with Gasteiger partial charge in [0.15, 0.2) is 11.5 Å². The molecule has 0 bridgehead atoms. The van der Waals surface area contributed by atoms with E-state index in [1.54, 1.807) is 4.90 Å². The van der Waals surface area contributed by atoms with Gasteiger partial charge in [0.25, 0.3) is 6.43 Å². The molecular weight excluding hydrogens is 254 g/mol. The summed E-state index contributed by atoms with van der Waals surface area (Å²) in [5.41, 5.74) is 0.464. The fourth-order valence-corrected chi connectivity index (χ4v) is 2.35. The summed E-state index contributed by atoms with van der Waals surface area (Å²) in [4.78, 5) is 1.76. The fraction of sp³-hybridized carbons (Fsp3) is 0.538. The van der Waals surface area contributed by atoms with Crippen LogP contribution in [0.4, 0.5) is 8.78 Å². The lowest BCUT2D eigenvalue weighted by molar-refractivity contribution is 0.0180. The highest BCUT2D eigenvalue weighted by Gasteiger charge is 2.30. The molecule has 0 unspecified atom stereocenters. The molecule has 2 rings (SSSR count). The minimum atomic E-state index is -2.48. The van der Waals surface area contributed by atoms with Crippen LogP contribution in [0.2, 0.25) is 0 Å². The number of nitrogens with zero attached hydrogens (tertiary/aromatic N) is 1. The number of nitrogens with one attached hydrogen (secondary N) is 1. The molecule has 1 heterocycles. The standard InChI is InChI=1S/C13H18F2N2O2/c1-19-11-8-9(2-3-10(11)18)12(13(14)15)17-6-4-16-5-7-17/h2-3,8,12-13,16,18H,4-7H2,1H3/t12-/m1/s1. The van der Waals surface area contributed by atoms with E-state index in [1.807, 2.05) is 0 Å². The number of piperazine rings is 1. The molecule has 6 heteroatoms. The van der Waals surface area contributed by atoms with E-state index in [0.29, 0.717) is 31.7 Å². The van der Waals surface area contributed by atoms with E-state index in [0.717, 1.165) is 0 Å². The van der Waals surface area contributed by atoms with Crippen LogP contribution in [-0.4, -0.2) is 49.7 Å². The lowest BCUT2D eigenvalue weighted by Crippen LogP contribution is -2.46. The summed E-state index contributed by atoms with van der Waals surface area (Å²) in [7, 11) is 1.40. The first-order valence-corrected chi connectivity index (χ1v) is 6.23. The van der Waals surface area contributed by atoms with Crippen molar-refractivity contribution in [1.29, 1.82) is 0 Å². The van der Waals surface area contributed by atoms with Crippen LogP contribution in [0.5, 0.6) is 11.5 Å². The average Bonchev–Trinajstić information content (AvgIpc) is 2.41. The van der Waals surface area contributed by atoms with Crippen molar-refractivity contribution < 1.29 is 18.6 Å². The molecule has 1 aliphatic heterocycles. The van der Waals surface area contributed by atoms with E-state index < -0.39 is 12.5 Å². The first-order chi connectivity index (χ1) is 9.13. The Kier molecular flexibility index (Phi) is 4.55. The summed E-state index contributed by atoms with van der Waals surface area (Å²) in [6.45, 7) is 2.58. The second-order valence-corrected chi connectivity index (χ2v) is 4.50. The Hall–Kier alpha value is -1.40. The quantitative estimate of drug-likeness (QED) is 0.874. The first kappa shape index (κ1) is 14.0. The van der Waals surface area contributed by atoms with Gasteiger partial charge >= 0.3 is 0 Å². The van der Waals surface area contributed by atoms with Gasteiger partial charge in [-0.05, 0) is 17.7 Å². The zero-order valence-electron chi connectivity index (χ0n) is 10.8. The minimum absolute atomic E-state index is 0.0421. The summed E-state index contributed by atoms with van der Waals surface area (Å²) in [5, 5.41) is 12.7. The number of methoxy groups -OCH3 is 1. The highest BCUT2D eigenvalue weighted by molar-refractivity contribution is 5.42. The van der Waals surface area contributed by atoms with Gasteiger partial charge in [0.2, 0.25) is 0 Å². The van der Waals surface area contributed by atoms with Crippen LogP contribution >= 0.6 is 0 Å². The number of hydrogen-bond acceptors (Lipinski definition) is 4. The lowest BCUT2D eigenvalue weighted by Gasteiger charge is -2.34. The summed E-state index contributed by atoms with van der Waals surface area (Å²) in [6, 6.07) is 3.44. The Bertz CT molecular complexity index is 423. The molecule has 0 spiro atoms. The van der Waals surface area contributed by atoms with Gasteiger partial charge in [-0.15, -0.1) is 0 Å². The van der Waals surface area contributed by atoms with Gasteiger partial charge in [0.1, 0.15) is 0 Å². The van der Waals surface area contributed by atoms with Gasteiger partial charge in [0.05, 0.1) is 13.2 Å². The molecule has 0 aliphatic carbocycles. The average molecular weight is 272 g/mol. The third kappa shape index (κ3) is 3.13. The van der Waals surface area contributed by atoms with Crippen LogP contribution in [0.25, 0.3) is 0 Å². The predicted octanol–water partition coefficient (Wildman–Crippen LogP) is 1.61. The number of ether oxygens (including phenoxy) is 1. The molecule has 0 saturated carbocycles. The molecule has 2 N–H and O–H groups in total. The molecule has 1 atom stereocenters. The van der Waals surface area contributed by atoms with Gasteiger partial charge in [-0.3, -0.25) is 4.90 Å². The normalized spacial score (nSPS) is 18.5. The van der Waals surface area contributed by atoms with E-state index in [2.05, 4.69) is 5.32 Å². The molecule has 1 aromatic rings. The van der Waals surface area contributed by atoms with Gasteiger partial charge < -0.3 is 15.2 Å². The monoisotopic (exact) mass is 272 g/mol. The second kappa shape index (κ2) is 6.16. The van der Waals surface area contributed by atoms with Crippen LogP contribution in [0, 0.1) is 0 Å². The third-order valence-corrected chi connectivity index (χ3v) is 3.33. The summed E-state index contributed by atoms with van der Waals surface area (Å²) in [5.74, 6) is 0.179. The van der Waals surface area contributed by atoms with Crippen molar-refractivity contribution in [3.8, 4) is 11.5 Å². The smallest absolute Gasteiger partial charge is 0.258 e. The largest absolute Gasteiger partial charge is 0.504 e. The van der Waals surface area contributed by atoms with Gasteiger partial charge in [-0.2, -0.15) is 0 Å². The topological polar surface area (TPSA) is 44.7 Å². The Morgan fingerprint density at radius 3 is 2.58 bits per heavy atom. The lowest BCUT2D eigenvalue weighted by atomic mass is 10.0. The van der Waals surface area contributed by atoms with E-state index >= 15 is 0 Å². The van der Waals surface area contributed by atoms with E-state index in [-0.39, 0.29) is 11.5 Å². The zero-order valence-corrected chi connectivity index (χ0v) is 10.8. The third-order valence-electron chi connectivity index (χ3n) is 3.33. The molecule has 4 nitrogen and oxygen atoms in total. The summed E-state index contributed by atoms with van der Waals surface area (Å²) >= 11 is 0. The van der Waals surface area contributed by atoms with E-state index in [9.17, 15) is 13.9 Å². The fourth-order valence-electron chi connectivity index (χ4n) is 2.35. The molecule has 19 heavy (non-hydrogen) atoms. The molecule has 1 aliphatic rings. The highest BCUT2D eigenvalue weighted by atomic mass is 19.3. The van der Waals surface area contributed by atoms with Crippen molar-refractivity contribution >= 4 is 0 Å². The number of halogens is 2. The second-order valence-electron chi connectivity index (χ2n) is 4.50. The summed E-state index contributed by atoms with van der Waals surface area (Å²) in [6.07, 6.45) is -2.48.